The number of aldehydes is 1. The van der Waals surface area contributed by atoms with E-state index in [2.05, 4.69) is 10.5 Å². The van der Waals surface area contributed by atoms with Crippen LogP contribution in [0.3, 0.4) is 0 Å². The van der Waals surface area contributed by atoms with E-state index >= 15 is 0 Å². The first kappa shape index (κ1) is 7.17. The molecule has 0 amide bonds. The molecule has 5 nitrogen and oxygen atoms in total. The highest BCUT2D eigenvalue weighted by molar-refractivity contribution is 5.84. The summed E-state index contributed by atoms with van der Waals surface area (Å²) in [6, 6.07) is 0. The van der Waals surface area contributed by atoms with Crippen molar-refractivity contribution in [1.82, 2.24) is 10.4 Å². The summed E-state index contributed by atoms with van der Waals surface area (Å²) in [5.74, 6) is 5.44. The van der Waals surface area contributed by atoms with E-state index in [1.807, 2.05) is 6.92 Å². The molecule has 0 saturated carbocycles. The lowest BCUT2D eigenvalue weighted by molar-refractivity contribution is -0.113. The van der Waals surface area contributed by atoms with Crippen LogP contribution in [0.2, 0.25) is 0 Å². The van der Waals surface area contributed by atoms with E-state index in [9.17, 15) is 4.79 Å². The van der Waals surface area contributed by atoms with Crippen LogP contribution >= 0.6 is 0 Å². The fourth-order valence-corrected chi connectivity index (χ4v) is 0.757. The lowest BCUT2D eigenvalue weighted by Crippen LogP contribution is -2.54. The Hall–Kier alpha value is -0.940. The first-order chi connectivity index (χ1) is 4.74. The maximum Gasteiger partial charge on any atom is 0.164 e. The molecule has 10 heavy (non-hydrogen) atoms. The van der Waals surface area contributed by atoms with E-state index in [-0.39, 0.29) is 0 Å². The molecular formula is C5H10N4O. The Morgan fingerprint density at radius 3 is 3.20 bits per heavy atom. The highest BCUT2D eigenvalue weighted by atomic mass is 16.1. The van der Waals surface area contributed by atoms with Crippen LogP contribution in [0.4, 0.5) is 0 Å². The second kappa shape index (κ2) is 2.76. The summed E-state index contributed by atoms with van der Waals surface area (Å²) < 4.78 is 0. The first-order valence-corrected chi connectivity index (χ1v) is 2.99. The van der Waals surface area contributed by atoms with Gasteiger partial charge in [0.05, 0.1) is 12.3 Å². The van der Waals surface area contributed by atoms with Crippen LogP contribution in [-0.4, -0.2) is 29.7 Å². The predicted octanol–water partition coefficient (Wildman–Crippen LogP) is -1.33. The van der Waals surface area contributed by atoms with Crippen molar-refractivity contribution in [2.45, 2.75) is 13.1 Å². The van der Waals surface area contributed by atoms with Crippen molar-refractivity contribution in [2.75, 3.05) is 6.54 Å². The molecule has 0 aromatic carbocycles. The largest absolute Gasteiger partial charge is 0.299 e. The summed E-state index contributed by atoms with van der Waals surface area (Å²) in [5, 5.41) is 5.24. The topological polar surface area (TPSA) is 70.7 Å². The van der Waals surface area contributed by atoms with Crippen molar-refractivity contribution < 1.29 is 4.79 Å². The molecule has 5 heteroatoms. The quantitative estimate of drug-likeness (QED) is 0.351. The fraction of sp³-hybridized carbons (Fsp3) is 0.600. The van der Waals surface area contributed by atoms with E-state index < -0.39 is 6.17 Å². The zero-order chi connectivity index (χ0) is 7.56. The molecule has 1 aliphatic rings. The number of nitrogens with zero attached hydrogens (tertiary/aromatic N) is 2. The number of nitrogens with two attached hydrogens (primary N) is 1. The van der Waals surface area contributed by atoms with E-state index in [1.165, 1.54) is 5.01 Å². The minimum absolute atomic E-state index is 0.469. The van der Waals surface area contributed by atoms with Gasteiger partial charge in [-0.05, 0) is 6.92 Å². The van der Waals surface area contributed by atoms with Gasteiger partial charge in [0.2, 0.25) is 0 Å². The molecule has 1 atom stereocenters. The molecule has 1 unspecified atom stereocenters. The minimum atomic E-state index is -0.469. The van der Waals surface area contributed by atoms with Gasteiger partial charge in [-0.25, -0.2) is 5.01 Å². The Morgan fingerprint density at radius 2 is 2.70 bits per heavy atom. The zero-order valence-corrected chi connectivity index (χ0v) is 5.74. The average Bonchev–Trinajstić information content (AvgIpc) is 1.88. The maximum absolute atomic E-state index is 10.2. The van der Waals surface area contributed by atoms with E-state index in [0.29, 0.717) is 6.54 Å². The van der Waals surface area contributed by atoms with Gasteiger partial charge in [-0.1, -0.05) is 0 Å². The van der Waals surface area contributed by atoms with Gasteiger partial charge in [0, 0.05) is 0 Å². The van der Waals surface area contributed by atoms with Gasteiger partial charge in [-0.3, -0.25) is 16.1 Å². The Labute approximate surface area is 58.8 Å². The maximum atomic E-state index is 10.2. The van der Waals surface area contributed by atoms with Crippen LogP contribution < -0.4 is 11.3 Å². The van der Waals surface area contributed by atoms with Crippen LogP contribution in [0, 0.1) is 0 Å². The molecular weight excluding hydrogens is 132 g/mol. The van der Waals surface area contributed by atoms with Gasteiger partial charge in [0.15, 0.2) is 12.5 Å². The number of rotatable bonds is 1. The molecule has 0 aromatic rings. The Morgan fingerprint density at radius 1 is 2.00 bits per heavy atom. The summed E-state index contributed by atoms with van der Waals surface area (Å²) in [7, 11) is 0. The Balaban J connectivity index is 2.60. The van der Waals surface area contributed by atoms with Gasteiger partial charge < -0.3 is 0 Å². The Kier molecular flexibility index (Phi) is 1.98. The fourth-order valence-electron chi connectivity index (χ4n) is 0.757. The third-order valence-corrected chi connectivity index (χ3v) is 1.29. The lowest BCUT2D eigenvalue weighted by atomic mass is 10.3. The van der Waals surface area contributed by atoms with Gasteiger partial charge in [0.25, 0.3) is 0 Å². The molecule has 3 N–H and O–H groups in total. The third-order valence-electron chi connectivity index (χ3n) is 1.29. The van der Waals surface area contributed by atoms with Crippen molar-refractivity contribution in [1.29, 1.82) is 0 Å². The number of carbonyl (C=O) groups is 1. The Bertz CT molecular complexity index is 167. The molecule has 0 aromatic heterocycles. The number of carbonyl (C=O) groups excluding carboxylic acids is 1. The monoisotopic (exact) mass is 142 g/mol. The molecule has 0 radical (unpaired) electrons. The van der Waals surface area contributed by atoms with Crippen LogP contribution in [0.15, 0.2) is 5.10 Å². The number of nitrogens with one attached hydrogen (secondary N) is 1. The SMILES string of the molecule is CC1=NNC(C=O)N(N)C1. The molecule has 0 spiro atoms. The van der Waals surface area contributed by atoms with E-state index in [0.717, 1.165) is 12.0 Å². The van der Waals surface area contributed by atoms with Gasteiger partial charge >= 0.3 is 0 Å². The molecule has 0 fully saturated rings. The van der Waals surface area contributed by atoms with E-state index in [4.69, 9.17) is 5.84 Å². The van der Waals surface area contributed by atoms with Gasteiger partial charge in [0.1, 0.15) is 0 Å². The molecule has 0 aliphatic carbocycles. The number of hydrogen-bond acceptors (Lipinski definition) is 5. The van der Waals surface area contributed by atoms with Crippen LogP contribution in [-0.2, 0) is 4.79 Å². The molecule has 56 valence electrons. The molecule has 0 saturated heterocycles. The summed E-state index contributed by atoms with van der Waals surface area (Å²) in [5.41, 5.74) is 3.46. The summed E-state index contributed by atoms with van der Waals surface area (Å²) >= 11 is 0. The van der Waals surface area contributed by atoms with Crippen LogP contribution in [0.25, 0.3) is 0 Å². The summed E-state index contributed by atoms with van der Waals surface area (Å²) in [6.07, 6.45) is 0.249. The smallest absolute Gasteiger partial charge is 0.164 e. The second-order valence-corrected chi connectivity index (χ2v) is 2.23. The minimum Gasteiger partial charge on any atom is -0.299 e. The highest BCUT2D eigenvalue weighted by Crippen LogP contribution is 1.93. The van der Waals surface area contributed by atoms with Crippen molar-refractivity contribution in [2.24, 2.45) is 10.9 Å². The number of hydrazone groups is 1. The molecule has 1 rings (SSSR count). The van der Waals surface area contributed by atoms with Crippen molar-refractivity contribution in [3.05, 3.63) is 0 Å². The highest BCUT2D eigenvalue weighted by Gasteiger charge is 2.17. The van der Waals surface area contributed by atoms with Crippen molar-refractivity contribution in [3.8, 4) is 0 Å². The number of hydrazine groups is 1. The molecule has 1 aliphatic heterocycles. The predicted molar refractivity (Wildman–Crippen MR) is 37.0 cm³/mol. The standard InChI is InChI=1S/C5H10N4O/c1-4-2-9(6)5(3-10)8-7-4/h3,5,8H,2,6H2,1H3. The summed E-state index contributed by atoms with van der Waals surface area (Å²) in [4.78, 5) is 10.2. The first-order valence-electron chi connectivity index (χ1n) is 2.99. The van der Waals surface area contributed by atoms with Crippen LogP contribution in [0.5, 0.6) is 0 Å². The third kappa shape index (κ3) is 1.31. The van der Waals surface area contributed by atoms with Crippen molar-refractivity contribution >= 4 is 12.0 Å². The normalized spacial score (nSPS) is 27.0. The zero-order valence-electron chi connectivity index (χ0n) is 5.74. The van der Waals surface area contributed by atoms with Gasteiger partial charge in [-0.15, -0.1) is 0 Å². The van der Waals surface area contributed by atoms with E-state index in [1.54, 1.807) is 0 Å². The second-order valence-electron chi connectivity index (χ2n) is 2.23. The number of hydrogen-bond donors (Lipinski definition) is 2. The van der Waals surface area contributed by atoms with Crippen LogP contribution in [0.1, 0.15) is 6.92 Å². The van der Waals surface area contributed by atoms with Crippen molar-refractivity contribution in [3.63, 3.8) is 0 Å². The lowest BCUT2D eigenvalue weighted by Gasteiger charge is -2.26. The molecule has 1 heterocycles. The van der Waals surface area contributed by atoms with Gasteiger partial charge in [-0.2, -0.15) is 5.10 Å². The average molecular weight is 142 g/mol. The summed E-state index contributed by atoms with van der Waals surface area (Å²) in [6.45, 7) is 2.38. The molecule has 0 bridgehead atoms.